The first-order chi connectivity index (χ1) is 14.4. The summed E-state index contributed by atoms with van der Waals surface area (Å²) in [7, 11) is -2.59. The predicted octanol–water partition coefficient (Wildman–Crippen LogP) is 3.46. The van der Waals surface area contributed by atoms with Crippen LogP contribution in [-0.4, -0.2) is 27.5 Å². The molecular weight excluding hydrogens is 406 g/mol. The van der Waals surface area contributed by atoms with Gasteiger partial charge in [-0.1, -0.05) is 18.2 Å². The number of anilines is 2. The zero-order chi connectivity index (χ0) is 21.6. The molecule has 0 aromatic heterocycles. The number of para-hydroxylation sites is 1. The van der Waals surface area contributed by atoms with E-state index < -0.39 is 22.0 Å². The molecule has 0 aliphatic heterocycles. The summed E-state index contributed by atoms with van der Waals surface area (Å²) in [6.45, 7) is 0. The number of rotatable bonds is 6. The Balaban J connectivity index is 1.63. The van der Waals surface area contributed by atoms with Gasteiger partial charge in [0, 0.05) is 16.9 Å². The SMILES string of the molecule is COc1ccc(C(=O)NS(=O)(=O)c2ccc(NC(=O)Nc3ccccc3)cc2)cc1. The molecule has 0 aliphatic carbocycles. The lowest BCUT2D eigenvalue weighted by molar-refractivity contribution is 0.0981. The number of hydrogen-bond donors (Lipinski definition) is 3. The number of carbonyl (C=O) groups is 2. The van der Waals surface area contributed by atoms with Gasteiger partial charge in [-0.05, 0) is 60.7 Å². The third-order valence-electron chi connectivity index (χ3n) is 4.03. The number of sulfonamides is 1. The number of benzene rings is 3. The van der Waals surface area contributed by atoms with Gasteiger partial charge in [-0.15, -0.1) is 0 Å². The van der Waals surface area contributed by atoms with Crippen LogP contribution in [0.2, 0.25) is 0 Å². The van der Waals surface area contributed by atoms with Gasteiger partial charge in [-0.2, -0.15) is 0 Å². The highest BCUT2D eigenvalue weighted by molar-refractivity contribution is 7.90. The average molecular weight is 425 g/mol. The van der Waals surface area contributed by atoms with Crippen molar-refractivity contribution >= 4 is 33.3 Å². The maximum absolute atomic E-state index is 12.5. The molecule has 3 aromatic carbocycles. The van der Waals surface area contributed by atoms with Crippen molar-refractivity contribution in [2.75, 3.05) is 17.7 Å². The van der Waals surface area contributed by atoms with Crippen LogP contribution in [0.5, 0.6) is 5.75 Å². The van der Waals surface area contributed by atoms with E-state index in [0.29, 0.717) is 17.1 Å². The number of ether oxygens (including phenoxy) is 1. The molecule has 0 heterocycles. The summed E-state index contributed by atoms with van der Waals surface area (Å²) in [6, 6.07) is 19.9. The molecule has 8 nitrogen and oxygen atoms in total. The molecular formula is C21H19N3O5S. The van der Waals surface area contributed by atoms with Gasteiger partial charge in [0.25, 0.3) is 15.9 Å². The Bertz CT molecular complexity index is 1130. The minimum absolute atomic E-state index is 0.113. The summed E-state index contributed by atoms with van der Waals surface area (Å²) in [4.78, 5) is 24.1. The Morgan fingerprint density at radius 1 is 0.767 bits per heavy atom. The van der Waals surface area contributed by atoms with Crippen LogP contribution in [0.15, 0.2) is 83.8 Å². The second kappa shape index (κ2) is 9.10. The Hall–Kier alpha value is -3.85. The monoisotopic (exact) mass is 425 g/mol. The number of urea groups is 1. The Morgan fingerprint density at radius 2 is 1.33 bits per heavy atom. The van der Waals surface area contributed by atoms with Gasteiger partial charge < -0.3 is 15.4 Å². The molecule has 0 aliphatic rings. The molecule has 3 N–H and O–H groups in total. The van der Waals surface area contributed by atoms with Gasteiger partial charge in [0.2, 0.25) is 0 Å². The summed E-state index contributed by atoms with van der Waals surface area (Å²) in [5, 5.41) is 5.26. The van der Waals surface area contributed by atoms with Crippen LogP contribution in [0.25, 0.3) is 0 Å². The first-order valence-electron chi connectivity index (χ1n) is 8.82. The van der Waals surface area contributed by atoms with Crippen LogP contribution in [0, 0.1) is 0 Å². The van der Waals surface area contributed by atoms with Crippen LogP contribution in [0.4, 0.5) is 16.2 Å². The highest BCUT2D eigenvalue weighted by atomic mass is 32.2. The average Bonchev–Trinajstić information content (AvgIpc) is 2.74. The molecule has 0 saturated heterocycles. The van der Waals surface area contributed by atoms with Gasteiger partial charge in [0.05, 0.1) is 12.0 Å². The lowest BCUT2D eigenvalue weighted by atomic mass is 10.2. The van der Waals surface area contributed by atoms with Crippen molar-refractivity contribution in [3.05, 3.63) is 84.4 Å². The van der Waals surface area contributed by atoms with E-state index in [1.54, 1.807) is 36.4 Å². The van der Waals surface area contributed by atoms with Crippen LogP contribution in [0.1, 0.15) is 10.4 Å². The summed E-state index contributed by atoms with van der Waals surface area (Å²) in [6.07, 6.45) is 0. The maximum Gasteiger partial charge on any atom is 0.323 e. The third-order valence-corrected chi connectivity index (χ3v) is 5.38. The van der Waals surface area contributed by atoms with Crippen LogP contribution >= 0.6 is 0 Å². The zero-order valence-corrected chi connectivity index (χ0v) is 16.8. The molecule has 0 spiro atoms. The smallest absolute Gasteiger partial charge is 0.323 e. The normalized spacial score (nSPS) is 10.7. The first kappa shape index (κ1) is 20.9. The van der Waals surface area contributed by atoms with Crippen molar-refractivity contribution < 1.29 is 22.7 Å². The molecule has 3 aromatic rings. The van der Waals surface area contributed by atoms with E-state index in [1.165, 1.54) is 43.5 Å². The summed E-state index contributed by atoms with van der Waals surface area (Å²) >= 11 is 0. The van der Waals surface area contributed by atoms with E-state index in [0.717, 1.165) is 0 Å². The van der Waals surface area contributed by atoms with Crippen molar-refractivity contribution in [2.45, 2.75) is 4.90 Å². The lowest BCUT2D eigenvalue weighted by Gasteiger charge is -2.10. The minimum atomic E-state index is -4.08. The van der Waals surface area contributed by atoms with E-state index in [9.17, 15) is 18.0 Å². The molecule has 154 valence electrons. The first-order valence-corrected chi connectivity index (χ1v) is 10.3. The van der Waals surface area contributed by atoms with Gasteiger partial charge in [0.1, 0.15) is 5.75 Å². The second-order valence-corrected chi connectivity index (χ2v) is 7.82. The highest BCUT2D eigenvalue weighted by Crippen LogP contribution is 2.16. The fourth-order valence-corrected chi connectivity index (χ4v) is 3.49. The molecule has 0 unspecified atom stereocenters. The fraction of sp³-hybridized carbons (Fsp3) is 0.0476. The van der Waals surface area contributed by atoms with Crippen molar-refractivity contribution in [1.82, 2.24) is 4.72 Å². The van der Waals surface area contributed by atoms with Crippen LogP contribution < -0.4 is 20.1 Å². The van der Waals surface area contributed by atoms with E-state index in [4.69, 9.17) is 4.74 Å². The molecule has 3 rings (SSSR count). The predicted molar refractivity (Wildman–Crippen MR) is 113 cm³/mol. The second-order valence-electron chi connectivity index (χ2n) is 6.13. The number of carbonyl (C=O) groups excluding carboxylic acids is 2. The topological polar surface area (TPSA) is 114 Å². The highest BCUT2D eigenvalue weighted by Gasteiger charge is 2.19. The summed E-state index contributed by atoms with van der Waals surface area (Å²) in [5.74, 6) is -0.212. The Kier molecular flexibility index (Phi) is 6.33. The van der Waals surface area contributed by atoms with Gasteiger partial charge in [-0.25, -0.2) is 17.9 Å². The van der Waals surface area contributed by atoms with Crippen molar-refractivity contribution in [2.24, 2.45) is 0 Å². The van der Waals surface area contributed by atoms with E-state index >= 15 is 0 Å². The molecule has 30 heavy (non-hydrogen) atoms. The van der Waals surface area contributed by atoms with Gasteiger partial charge >= 0.3 is 6.03 Å². The fourth-order valence-electron chi connectivity index (χ4n) is 2.51. The van der Waals surface area contributed by atoms with E-state index in [-0.39, 0.29) is 10.5 Å². The standard InChI is InChI=1S/C21H19N3O5S/c1-29-18-11-7-15(8-12-18)20(25)24-30(27,28)19-13-9-17(10-14-19)23-21(26)22-16-5-3-2-4-6-16/h2-14H,1H3,(H,24,25)(H2,22,23,26). The molecule has 9 heteroatoms. The number of methoxy groups -OCH3 is 1. The van der Waals surface area contributed by atoms with Gasteiger partial charge in [-0.3, -0.25) is 4.79 Å². The van der Waals surface area contributed by atoms with Crippen LogP contribution in [-0.2, 0) is 10.0 Å². The molecule has 0 fully saturated rings. The summed E-state index contributed by atoms with van der Waals surface area (Å²) in [5.41, 5.74) is 1.19. The van der Waals surface area contributed by atoms with Gasteiger partial charge in [0.15, 0.2) is 0 Å². The Labute approximate surface area is 173 Å². The molecule has 0 bridgehead atoms. The summed E-state index contributed by atoms with van der Waals surface area (Å²) < 4.78 is 31.9. The van der Waals surface area contributed by atoms with Crippen molar-refractivity contribution in [3.8, 4) is 5.75 Å². The maximum atomic E-state index is 12.5. The minimum Gasteiger partial charge on any atom is -0.497 e. The van der Waals surface area contributed by atoms with E-state index in [2.05, 4.69) is 10.6 Å². The number of amides is 3. The molecule has 0 radical (unpaired) electrons. The Morgan fingerprint density at radius 3 is 1.90 bits per heavy atom. The van der Waals surface area contributed by atoms with Crippen molar-refractivity contribution in [1.29, 1.82) is 0 Å². The van der Waals surface area contributed by atoms with Crippen LogP contribution in [0.3, 0.4) is 0 Å². The molecule has 3 amide bonds. The lowest BCUT2D eigenvalue weighted by Crippen LogP contribution is -2.30. The molecule has 0 saturated carbocycles. The third kappa shape index (κ3) is 5.36. The zero-order valence-electron chi connectivity index (χ0n) is 16.0. The van der Waals surface area contributed by atoms with E-state index in [1.807, 2.05) is 10.8 Å². The van der Waals surface area contributed by atoms with Crippen molar-refractivity contribution in [3.63, 3.8) is 0 Å². The largest absolute Gasteiger partial charge is 0.497 e. The quantitative estimate of drug-likeness (QED) is 0.560. The molecule has 0 atom stereocenters. The number of nitrogens with one attached hydrogen (secondary N) is 3. The number of hydrogen-bond acceptors (Lipinski definition) is 5.